The first-order valence-corrected chi connectivity index (χ1v) is 14.2. The molecule has 5 aromatic carbocycles. The van der Waals surface area contributed by atoms with Crippen molar-refractivity contribution < 1.29 is 9.47 Å². The van der Waals surface area contributed by atoms with Crippen molar-refractivity contribution >= 4 is 23.2 Å². The standard InChI is InChI=1S/C33H30O2P/c1-34-32-23-22-28(24-33(32)35-25-27-14-6-2-7-15-27)26-36(29-16-8-3-9-17-29,30-18-10-4-11-19-30)31-20-12-5-13-21-31/h2-24H,25-26H2,1H3/q+1. The van der Waals surface area contributed by atoms with E-state index in [9.17, 15) is 0 Å². The number of methoxy groups -OCH3 is 1. The van der Waals surface area contributed by atoms with Crippen LogP contribution in [-0.4, -0.2) is 7.11 Å². The zero-order valence-electron chi connectivity index (χ0n) is 20.5. The third kappa shape index (κ3) is 5.05. The van der Waals surface area contributed by atoms with Crippen molar-refractivity contribution in [1.29, 1.82) is 0 Å². The molecule has 0 unspecified atom stereocenters. The normalized spacial score (nSPS) is 11.1. The largest absolute Gasteiger partial charge is 0.493 e. The average Bonchev–Trinajstić information content (AvgIpc) is 2.97. The molecular formula is C33H30O2P+. The van der Waals surface area contributed by atoms with Crippen LogP contribution in [0.25, 0.3) is 0 Å². The molecule has 36 heavy (non-hydrogen) atoms. The predicted molar refractivity (Wildman–Crippen MR) is 153 cm³/mol. The summed E-state index contributed by atoms with van der Waals surface area (Å²) in [5, 5.41) is 4.10. The van der Waals surface area contributed by atoms with Gasteiger partial charge in [-0.05, 0) is 59.7 Å². The molecule has 0 aliphatic carbocycles. The van der Waals surface area contributed by atoms with Crippen LogP contribution in [0, 0.1) is 0 Å². The minimum atomic E-state index is -1.99. The molecule has 0 aliphatic heterocycles. The highest BCUT2D eigenvalue weighted by molar-refractivity contribution is 7.95. The molecule has 0 aromatic heterocycles. The molecule has 0 aliphatic rings. The van der Waals surface area contributed by atoms with E-state index in [4.69, 9.17) is 9.47 Å². The minimum absolute atomic E-state index is 0.497. The SMILES string of the molecule is COc1ccc(C[P+](c2ccccc2)(c2ccccc2)c2ccccc2)cc1OCc1ccccc1. The van der Waals surface area contributed by atoms with E-state index >= 15 is 0 Å². The van der Waals surface area contributed by atoms with Crippen LogP contribution < -0.4 is 25.4 Å². The summed E-state index contributed by atoms with van der Waals surface area (Å²) in [6.07, 6.45) is 0.886. The van der Waals surface area contributed by atoms with Gasteiger partial charge >= 0.3 is 0 Å². The zero-order chi connectivity index (χ0) is 24.6. The first-order chi connectivity index (χ1) is 17.8. The van der Waals surface area contributed by atoms with Crippen molar-refractivity contribution in [1.82, 2.24) is 0 Å². The maximum absolute atomic E-state index is 6.27. The Morgan fingerprint density at radius 2 is 0.972 bits per heavy atom. The van der Waals surface area contributed by atoms with Gasteiger partial charge in [-0.3, -0.25) is 0 Å². The third-order valence-corrected chi connectivity index (χ3v) is 10.9. The second-order valence-corrected chi connectivity index (χ2v) is 12.2. The number of hydrogen-bond acceptors (Lipinski definition) is 2. The quantitative estimate of drug-likeness (QED) is 0.213. The molecule has 3 heteroatoms. The summed E-state index contributed by atoms with van der Waals surface area (Å²) in [6.45, 7) is 0.497. The van der Waals surface area contributed by atoms with Crippen molar-refractivity contribution in [3.05, 3.63) is 151 Å². The summed E-state index contributed by atoms with van der Waals surface area (Å²) >= 11 is 0. The molecule has 0 bridgehead atoms. The van der Waals surface area contributed by atoms with E-state index < -0.39 is 7.26 Å². The topological polar surface area (TPSA) is 18.5 Å². The van der Waals surface area contributed by atoms with Gasteiger partial charge in [0.25, 0.3) is 0 Å². The summed E-state index contributed by atoms with van der Waals surface area (Å²) < 4.78 is 11.9. The van der Waals surface area contributed by atoms with E-state index in [2.05, 4.69) is 115 Å². The smallest absolute Gasteiger partial charge is 0.162 e. The van der Waals surface area contributed by atoms with Crippen LogP contribution >= 0.6 is 7.26 Å². The molecule has 0 saturated carbocycles. The molecule has 0 fully saturated rings. The summed E-state index contributed by atoms with van der Waals surface area (Å²) in [7, 11) is -0.298. The molecule has 0 radical (unpaired) electrons. The second kappa shape index (κ2) is 11.2. The van der Waals surface area contributed by atoms with Gasteiger partial charge in [0.05, 0.1) is 13.3 Å². The van der Waals surface area contributed by atoms with Gasteiger partial charge < -0.3 is 9.47 Å². The highest BCUT2D eigenvalue weighted by Crippen LogP contribution is 2.58. The number of rotatable bonds is 9. The summed E-state index contributed by atoms with van der Waals surface area (Å²) in [5.41, 5.74) is 2.36. The molecule has 0 amide bonds. The zero-order valence-corrected chi connectivity index (χ0v) is 21.4. The van der Waals surface area contributed by atoms with Crippen molar-refractivity contribution in [2.24, 2.45) is 0 Å². The van der Waals surface area contributed by atoms with Crippen molar-refractivity contribution in [3.8, 4) is 11.5 Å². The fourth-order valence-electron chi connectivity index (χ4n) is 4.71. The van der Waals surface area contributed by atoms with Crippen LogP contribution in [0.1, 0.15) is 11.1 Å². The van der Waals surface area contributed by atoms with Crippen molar-refractivity contribution in [3.63, 3.8) is 0 Å². The summed E-state index contributed by atoms with van der Waals surface area (Å²) in [4.78, 5) is 0. The van der Waals surface area contributed by atoms with E-state index in [0.29, 0.717) is 6.61 Å². The molecule has 0 N–H and O–H groups in total. The lowest BCUT2D eigenvalue weighted by atomic mass is 10.2. The lowest BCUT2D eigenvalue weighted by Gasteiger charge is -2.28. The van der Waals surface area contributed by atoms with Crippen molar-refractivity contribution in [2.45, 2.75) is 12.8 Å². The van der Waals surface area contributed by atoms with E-state index in [-0.39, 0.29) is 0 Å². The first-order valence-electron chi connectivity index (χ1n) is 12.2. The molecule has 0 heterocycles. The van der Waals surface area contributed by atoms with Crippen LogP contribution in [0.2, 0.25) is 0 Å². The highest BCUT2D eigenvalue weighted by atomic mass is 31.2. The van der Waals surface area contributed by atoms with Crippen molar-refractivity contribution in [2.75, 3.05) is 7.11 Å². The predicted octanol–water partition coefficient (Wildman–Crippen LogP) is 6.77. The monoisotopic (exact) mass is 489 g/mol. The fourth-order valence-corrected chi connectivity index (χ4v) is 8.94. The van der Waals surface area contributed by atoms with Gasteiger partial charge in [0, 0.05) is 0 Å². The van der Waals surface area contributed by atoms with Crippen LogP contribution in [-0.2, 0) is 12.8 Å². The lowest BCUT2D eigenvalue weighted by molar-refractivity contribution is 0.284. The number of hydrogen-bond donors (Lipinski definition) is 0. The molecule has 0 spiro atoms. The maximum Gasteiger partial charge on any atom is 0.162 e. The molecular weight excluding hydrogens is 459 g/mol. The van der Waals surface area contributed by atoms with E-state index in [0.717, 1.165) is 23.2 Å². The summed E-state index contributed by atoms with van der Waals surface area (Å²) in [5.74, 6) is 1.52. The van der Waals surface area contributed by atoms with E-state index in [1.165, 1.54) is 21.5 Å². The van der Waals surface area contributed by atoms with Gasteiger partial charge in [0.2, 0.25) is 0 Å². The van der Waals surface area contributed by atoms with E-state index in [1.54, 1.807) is 7.11 Å². The first kappa shape index (κ1) is 23.9. The molecule has 178 valence electrons. The van der Waals surface area contributed by atoms with Crippen LogP contribution in [0.15, 0.2) is 140 Å². The number of ether oxygens (including phenoxy) is 2. The Bertz CT molecular complexity index is 1270. The second-order valence-electron chi connectivity index (χ2n) is 8.73. The Kier molecular flexibility index (Phi) is 7.45. The average molecular weight is 490 g/mol. The molecule has 2 nitrogen and oxygen atoms in total. The van der Waals surface area contributed by atoms with Crippen LogP contribution in [0.4, 0.5) is 0 Å². The Morgan fingerprint density at radius 3 is 1.44 bits per heavy atom. The third-order valence-electron chi connectivity index (χ3n) is 6.48. The summed E-state index contributed by atoms with van der Waals surface area (Å²) in [6, 6.07) is 49.5. The van der Waals surface area contributed by atoms with Gasteiger partial charge in [0.15, 0.2) is 11.5 Å². The Morgan fingerprint density at radius 1 is 0.500 bits per heavy atom. The van der Waals surface area contributed by atoms with Gasteiger partial charge in [-0.1, -0.05) is 91.0 Å². The van der Waals surface area contributed by atoms with Gasteiger partial charge in [-0.15, -0.1) is 0 Å². The molecule has 5 aromatic rings. The Labute approximate surface area is 214 Å². The van der Waals surface area contributed by atoms with Gasteiger partial charge in [0.1, 0.15) is 29.8 Å². The lowest BCUT2D eigenvalue weighted by Crippen LogP contribution is -2.32. The maximum atomic E-state index is 6.27. The van der Waals surface area contributed by atoms with Gasteiger partial charge in [-0.25, -0.2) is 0 Å². The minimum Gasteiger partial charge on any atom is -0.493 e. The van der Waals surface area contributed by atoms with E-state index in [1.807, 2.05) is 24.3 Å². The van der Waals surface area contributed by atoms with Crippen LogP contribution in [0.3, 0.4) is 0 Å². The van der Waals surface area contributed by atoms with Gasteiger partial charge in [-0.2, -0.15) is 0 Å². The molecule has 0 atom stereocenters. The highest BCUT2D eigenvalue weighted by Gasteiger charge is 2.45. The van der Waals surface area contributed by atoms with Crippen LogP contribution in [0.5, 0.6) is 11.5 Å². The number of benzene rings is 5. The fraction of sp³-hybridized carbons (Fsp3) is 0.0909. The Balaban J connectivity index is 1.61. The Hall–Kier alpha value is -3.87. The molecule has 5 rings (SSSR count). The molecule has 0 saturated heterocycles.